The van der Waals surface area contributed by atoms with Crippen LogP contribution in [0.3, 0.4) is 0 Å². The van der Waals surface area contributed by atoms with Crippen LogP contribution in [0.1, 0.15) is 19.3 Å². The minimum atomic E-state index is -0.545. The topological polar surface area (TPSA) is 60.7 Å². The normalized spacial score (nSPS) is 57.1. The Labute approximate surface area is 89.4 Å². The summed E-state index contributed by atoms with van der Waals surface area (Å²) in [7, 11) is 0. The molecule has 3 aliphatic carbocycles. The molecule has 0 amide bonds. The molecule has 84 valence electrons. The van der Waals surface area contributed by atoms with E-state index in [9.17, 15) is 15.3 Å². The molecule has 15 heavy (non-hydrogen) atoms. The van der Waals surface area contributed by atoms with Crippen molar-refractivity contribution in [3.63, 3.8) is 0 Å². The summed E-state index contributed by atoms with van der Waals surface area (Å²) in [6, 6.07) is 0. The number of aliphatic hydroxyl groups is 3. The number of hydrogen-bond acceptors (Lipinski definition) is 3. The van der Waals surface area contributed by atoms with Crippen molar-refractivity contribution in [2.45, 2.75) is 31.5 Å². The first-order valence-corrected chi connectivity index (χ1v) is 5.84. The second kappa shape index (κ2) is 3.06. The Kier molecular flexibility index (Phi) is 2.00. The second-order valence-electron chi connectivity index (χ2n) is 5.41. The highest BCUT2D eigenvalue weighted by atomic mass is 16.3. The van der Waals surface area contributed by atoms with Crippen LogP contribution >= 0.6 is 0 Å². The number of hydrogen-bond donors (Lipinski definition) is 3. The summed E-state index contributed by atoms with van der Waals surface area (Å²) < 4.78 is 0. The van der Waals surface area contributed by atoms with E-state index in [-0.39, 0.29) is 17.9 Å². The van der Waals surface area contributed by atoms with Gasteiger partial charge in [-0.15, -0.1) is 0 Å². The van der Waals surface area contributed by atoms with Crippen molar-refractivity contribution in [3.05, 3.63) is 12.2 Å². The molecule has 0 aliphatic heterocycles. The van der Waals surface area contributed by atoms with Crippen LogP contribution in [-0.2, 0) is 0 Å². The van der Waals surface area contributed by atoms with Crippen molar-refractivity contribution in [1.29, 1.82) is 0 Å². The van der Waals surface area contributed by atoms with Crippen LogP contribution in [0.4, 0.5) is 0 Å². The van der Waals surface area contributed by atoms with Gasteiger partial charge in [0.2, 0.25) is 0 Å². The zero-order chi connectivity index (χ0) is 10.6. The average Bonchev–Trinajstić information content (AvgIpc) is 2.76. The van der Waals surface area contributed by atoms with Gasteiger partial charge in [0.1, 0.15) is 0 Å². The van der Waals surface area contributed by atoms with E-state index in [1.807, 2.05) is 0 Å². The Bertz CT molecular complexity index is 301. The van der Waals surface area contributed by atoms with E-state index in [0.717, 1.165) is 12.8 Å². The predicted molar refractivity (Wildman–Crippen MR) is 55.0 cm³/mol. The maximum atomic E-state index is 10.2. The minimum Gasteiger partial charge on any atom is -0.396 e. The van der Waals surface area contributed by atoms with E-state index >= 15 is 0 Å². The van der Waals surface area contributed by atoms with Crippen molar-refractivity contribution < 1.29 is 15.3 Å². The fraction of sp³-hybridized carbons (Fsp3) is 0.833. The van der Waals surface area contributed by atoms with Crippen molar-refractivity contribution in [2.24, 2.45) is 23.2 Å². The lowest BCUT2D eigenvalue weighted by Crippen LogP contribution is -2.53. The van der Waals surface area contributed by atoms with Gasteiger partial charge in [-0.05, 0) is 37.0 Å². The lowest BCUT2D eigenvalue weighted by atomic mass is 9.59. The highest BCUT2D eigenvalue weighted by Gasteiger charge is 2.61. The van der Waals surface area contributed by atoms with Gasteiger partial charge in [0.25, 0.3) is 0 Å². The van der Waals surface area contributed by atoms with Crippen LogP contribution in [0.25, 0.3) is 0 Å². The third-order valence-electron chi connectivity index (χ3n) is 4.93. The first-order chi connectivity index (χ1) is 7.18. The van der Waals surface area contributed by atoms with Crippen LogP contribution < -0.4 is 0 Å². The van der Waals surface area contributed by atoms with E-state index in [2.05, 4.69) is 12.2 Å². The molecule has 0 spiro atoms. The maximum Gasteiger partial charge on any atom is 0.0651 e. The molecule has 0 unspecified atom stereocenters. The molecule has 3 N–H and O–H groups in total. The van der Waals surface area contributed by atoms with Crippen LogP contribution in [0.15, 0.2) is 12.2 Å². The molecule has 6 atom stereocenters. The van der Waals surface area contributed by atoms with Crippen molar-refractivity contribution in [1.82, 2.24) is 0 Å². The summed E-state index contributed by atoms with van der Waals surface area (Å²) >= 11 is 0. The third-order valence-corrected chi connectivity index (χ3v) is 4.93. The lowest BCUT2D eigenvalue weighted by Gasteiger charge is -2.49. The SMILES string of the molecule is OC[C@@]12[C@@H]3C=C[C@@H](C3)[C@@H]1C[C@@H](O)C[C@@H]2O. The van der Waals surface area contributed by atoms with Gasteiger partial charge >= 0.3 is 0 Å². The van der Waals surface area contributed by atoms with Gasteiger partial charge in [-0.3, -0.25) is 0 Å². The molecule has 0 aromatic rings. The summed E-state index contributed by atoms with van der Waals surface area (Å²) in [5, 5.41) is 29.5. The highest BCUT2D eigenvalue weighted by molar-refractivity contribution is 5.22. The van der Waals surface area contributed by atoms with E-state index in [4.69, 9.17) is 0 Å². The molecule has 3 rings (SSSR count). The lowest BCUT2D eigenvalue weighted by molar-refractivity contribution is -0.126. The smallest absolute Gasteiger partial charge is 0.0651 e. The van der Waals surface area contributed by atoms with Gasteiger partial charge in [0.05, 0.1) is 18.8 Å². The fourth-order valence-corrected chi connectivity index (χ4v) is 4.19. The summed E-state index contributed by atoms with van der Waals surface area (Å²) in [6.07, 6.45) is 5.63. The standard InChI is InChI=1S/C12H18O3/c13-6-12-8-2-1-7(3-8)10(12)4-9(14)5-11(12)15/h1-2,7-11,13-15H,3-6H2/t7-,8+,9+,10-,11-,12+/m0/s1. The molecule has 3 heteroatoms. The monoisotopic (exact) mass is 210 g/mol. The molecule has 2 saturated carbocycles. The zero-order valence-corrected chi connectivity index (χ0v) is 8.71. The molecule has 3 aliphatic rings. The molecular formula is C12H18O3. The van der Waals surface area contributed by atoms with Gasteiger partial charge in [0.15, 0.2) is 0 Å². The van der Waals surface area contributed by atoms with Gasteiger partial charge in [-0.2, -0.15) is 0 Å². The van der Waals surface area contributed by atoms with Crippen molar-refractivity contribution in [2.75, 3.05) is 6.61 Å². The zero-order valence-electron chi connectivity index (χ0n) is 8.71. The number of aliphatic hydroxyl groups excluding tert-OH is 3. The number of rotatable bonds is 1. The third kappa shape index (κ3) is 1.06. The molecule has 3 nitrogen and oxygen atoms in total. The van der Waals surface area contributed by atoms with Gasteiger partial charge in [-0.1, -0.05) is 12.2 Å². The Morgan fingerprint density at radius 2 is 1.93 bits per heavy atom. The van der Waals surface area contributed by atoms with Crippen LogP contribution in [0.5, 0.6) is 0 Å². The van der Waals surface area contributed by atoms with Crippen molar-refractivity contribution in [3.8, 4) is 0 Å². The van der Waals surface area contributed by atoms with Gasteiger partial charge in [-0.25, -0.2) is 0 Å². The quantitative estimate of drug-likeness (QED) is 0.546. The van der Waals surface area contributed by atoms with Gasteiger partial charge < -0.3 is 15.3 Å². The summed E-state index contributed by atoms with van der Waals surface area (Å²) in [5.74, 6) is 1.06. The molecule has 0 aromatic heterocycles. The predicted octanol–water partition coefficient (Wildman–Crippen LogP) is 0.303. The summed E-state index contributed by atoms with van der Waals surface area (Å²) in [6.45, 7) is 0.0526. The van der Waals surface area contributed by atoms with Crippen LogP contribution in [0.2, 0.25) is 0 Å². The van der Waals surface area contributed by atoms with Crippen LogP contribution in [-0.4, -0.2) is 34.1 Å². The number of fused-ring (bicyclic) bond motifs is 5. The molecule has 0 aromatic carbocycles. The average molecular weight is 210 g/mol. The molecule has 2 bridgehead atoms. The Balaban J connectivity index is 2.01. The Hall–Kier alpha value is -0.380. The second-order valence-corrected chi connectivity index (χ2v) is 5.41. The summed E-state index contributed by atoms with van der Waals surface area (Å²) in [5.41, 5.74) is -0.349. The first kappa shape index (κ1) is 9.82. The Morgan fingerprint density at radius 1 is 1.13 bits per heavy atom. The fourth-order valence-electron chi connectivity index (χ4n) is 4.19. The molecular weight excluding hydrogens is 192 g/mol. The molecule has 0 heterocycles. The maximum absolute atomic E-state index is 10.2. The summed E-state index contributed by atoms with van der Waals surface area (Å²) in [4.78, 5) is 0. The van der Waals surface area contributed by atoms with E-state index in [1.165, 1.54) is 0 Å². The Morgan fingerprint density at radius 3 is 2.67 bits per heavy atom. The largest absolute Gasteiger partial charge is 0.396 e. The van der Waals surface area contributed by atoms with E-state index < -0.39 is 12.2 Å². The van der Waals surface area contributed by atoms with E-state index in [1.54, 1.807) is 0 Å². The highest BCUT2D eigenvalue weighted by Crippen LogP contribution is 2.61. The molecule has 2 fully saturated rings. The first-order valence-electron chi connectivity index (χ1n) is 5.84. The number of allylic oxidation sites excluding steroid dienone is 2. The molecule has 0 radical (unpaired) electrons. The van der Waals surface area contributed by atoms with Crippen molar-refractivity contribution >= 4 is 0 Å². The molecule has 0 saturated heterocycles. The minimum absolute atomic E-state index is 0.0526. The van der Waals surface area contributed by atoms with E-state index in [0.29, 0.717) is 18.3 Å². The van der Waals surface area contributed by atoms with Crippen LogP contribution in [0, 0.1) is 23.2 Å². The van der Waals surface area contributed by atoms with Gasteiger partial charge in [0, 0.05) is 5.41 Å².